The fourth-order valence-electron chi connectivity index (χ4n) is 2.23. The number of hydrogen-bond donors (Lipinski definition) is 2. The van der Waals surface area contributed by atoms with Gasteiger partial charge in [0.25, 0.3) is 0 Å². The quantitative estimate of drug-likeness (QED) is 0.314. The van der Waals surface area contributed by atoms with E-state index in [2.05, 4.69) is 20.4 Å². The molecule has 26 heavy (non-hydrogen) atoms. The molecule has 142 valence electrons. The lowest BCUT2D eigenvalue weighted by Gasteiger charge is -2.11. The predicted octanol–water partition coefficient (Wildman–Crippen LogP) is 5.56. The van der Waals surface area contributed by atoms with E-state index in [0.29, 0.717) is 17.7 Å². The minimum atomic E-state index is -1.57. The molecule has 0 aliphatic carbocycles. The molecule has 2 rings (SSSR count). The molecule has 0 aliphatic rings. The van der Waals surface area contributed by atoms with Crippen molar-refractivity contribution in [2.24, 2.45) is 0 Å². The lowest BCUT2D eigenvalue weighted by Crippen LogP contribution is -2.08. The summed E-state index contributed by atoms with van der Waals surface area (Å²) in [6.45, 7) is 8.07. The van der Waals surface area contributed by atoms with Crippen LogP contribution in [-0.4, -0.2) is 0 Å². The summed E-state index contributed by atoms with van der Waals surface area (Å²) in [5, 5.41) is 0. The Bertz CT molecular complexity index is 726. The van der Waals surface area contributed by atoms with E-state index in [1.165, 1.54) is 6.42 Å². The number of halogens is 4. The molecule has 2 aromatic rings. The van der Waals surface area contributed by atoms with Gasteiger partial charge < -0.3 is 11.5 Å². The number of anilines is 2. The average Bonchev–Trinajstić information content (AvgIpc) is 2.61. The molecule has 0 radical (unpaired) electrons. The van der Waals surface area contributed by atoms with E-state index in [-0.39, 0.29) is 12.8 Å². The third-order valence-electron chi connectivity index (χ3n) is 3.55. The Hall–Kier alpha value is -2.50. The fourth-order valence-corrected chi connectivity index (χ4v) is 2.23. The Morgan fingerprint density at radius 3 is 1.81 bits per heavy atom. The maximum atomic E-state index is 13.7. The van der Waals surface area contributed by atoms with Gasteiger partial charge in [0, 0.05) is 11.3 Å². The first-order chi connectivity index (χ1) is 12.2. The van der Waals surface area contributed by atoms with Crippen LogP contribution in [0, 0.1) is 23.3 Å². The topological polar surface area (TPSA) is 52.0 Å². The Balaban J connectivity index is 0.00000105. The number of allylic oxidation sites excluding steroid dienone is 1. The summed E-state index contributed by atoms with van der Waals surface area (Å²) in [6, 6.07) is 7.08. The van der Waals surface area contributed by atoms with Gasteiger partial charge >= 0.3 is 0 Å². The molecule has 6 heteroatoms. The highest BCUT2D eigenvalue weighted by molar-refractivity contribution is 5.45. The highest BCUT2D eigenvalue weighted by atomic mass is 19.2. The maximum absolute atomic E-state index is 13.7. The number of hydrogen-bond acceptors (Lipinski definition) is 2. The second-order valence-electron chi connectivity index (χ2n) is 6.02. The molecule has 0 atom stereocenters. The standard InChI is InChI=1S/C17H16F4N2.C3H8/c1-9(8-10-3-5-11(22)6-4-10)2-7-12-13(18)15(20)17(23)16(21)14(12)19;1-3-2/h3-6H,1-2,7-8,22-23H2;3H2,1-2H3. The highest BCUT2D eigenvalue weighted by Gasteiger charge is 2.23. The third kappa shape index (κ3) is 5.51. The van der Waals surface area contributed by atoms with Crippen LogP contribution in [0.15, 0.2) is 36.4 Å². The van der Waals surface area contributed by atoms with Crippen LogP contribution in [0.3, 0.4) is 0 Å². The summed E-state index contributed by atoms with van der Waals surface area (Å²) >= 11 is 0. The number of benzene rings is 2. The minimum absolute atomic E-state index is 0.182. The molecule has 2 nitrogen and oxygen atoms in total. The van der Waals surface area contributed by atoms with Crippen molar-refractivity contribution in [3.05, 3.63) is 70.8 Å². The zero-order chi connectivity index (χ0) is 19.9. The molecule has 0 saturated heterocycles. The highest BCUT2D eigenvalue weighted by Crippen LogP contribution is 2.27. The summed E-state index contributed by atoms with van der Waals surface area (Å²) in [5.41, 5.74) is 11.0. The van der Waals surface area contributed by atoms with Crippen molar-refractivity contribution in [3.8, 4) is 0 Å². The molecule has 0 bridgehead atoms. The van der Waals surface area contributed by atoms with Gasteiger partial charge in [-0.1, -0.05) is 44.6 Å². The van der Waals surface area contributed by atoms with E-state index in [9.17, 15) is 17.6 Å². The smallest absolute Gasteiger partial charge is 0.185 e. The molecule has 4 N–H and O–H groups in total. The molecule has 0 aliphatic heterocycles. The van der Waals surface area contributed by atoms with Gasteiger partial charge in [0.1, 0.15) is 5.69 Å². The minimum Gasteiger partial charge on any atom is -0.399 e. The Morgan fingerprint density at radius 2 is 1.35 bits per heavy atom. The van der Waals surface area contributed by atoms with Crippen LogP contribution in [0.5, 0.6) is 0 Å². The van der Waals surface area contributed by atoms with E-state index >= 15 is 0 Å². The molecule has 0 unspecified atom stereocenters. The van der Waals surface area contributed by atoms with Crippen LogP contribution < -0.4 is 11.5 Å². The lowest BCUT2D eigenvalue weighted by atomic mass is 9.98. The van der Waals surface area contributed by atoms with Gasteiger partial charge in [0.2, 0.25) is 0 Å². The Labute approximate surface area is 151 Å². The van der Waals surface area contributed by atoms with Crippen molar-refractivity contribution in [2.45, 2.75) is 39.5 Å². The maximum Gasteiger partial charge on any atom is 0.185 e. The first-order valence-corrected chi connectivity index (χ1v) is 8.34. The summed E-state index contributed by atoms with van der Waals surface area (Å²) in [6.07, 6.45) is 1.70. The van der Waals surface area contributed by atoms with Crippen molar-refractivity contribution < 1.29 is 17.6 Å². The summed E-state index contributed by atoms with van der Waals surface area (Å²) in [4.78, 5) is 0. The van der Waals surface area contributed by atoms with E-state index in [1.807, 2.05) is 12.1 Å². The van der Waals surface area contributed by atoms with Crippen molar-refractivity contribution in [1.82, 2.24) is 0 Å². The van der Waals surface area contributed by atoms with Crippen LogP contribution in [0.4, 0.5) is 28.9 Å². The molecule has 2 aromatic carbocycles. The van der Waals surface area contributed by atoms with Crippen molar-refractivity contribution in [2.75, 3.05) is 11.5 Å². The first-order valence-electron chi connectivity index (χ1n) is 8.34. The molecule has 0 spiro atoms. The normalized spacial score (nSPS) is 10.2. The van der Waals surface area contributed by atoms with Gasteiger partial charge in [-0.05, 0) is 37.0 Å². The van der Waals surface area contributed by atoms with Gasteiger partial charge in [-0.3, -0.25) is 0 Å². The molecule has 0 heterocycles. The van der Waals surface area contributed by atoms with Gasteiger partial charge in [0.15, 0.2) is 23.3 Å². The van der Waals surface area contributed by atoms with Crippen LogP contribution >= 0.6 is 0 Å². The number of rotatable bonds is 5. The molecular formula is C20H24F4N2. The van der Waals surface area contributed by atoms with Gasteiger partial charge in [-0.25, -0.2) is 17.6 Å². The summed E-state index contributed by atoms with van der Waals surface area (Å²) in [5.74, 6) is -6.05. The monoisotopic (exact) mass is 368 g/mol. The average molecular weight is 368 g/mol. The Kier molecular flexibility index (Phi) is 8.16. The van der Waals surface area contributed by atoms with Crippen LogP contribution in [-0.2, 0) is 12.8 Å². The van der Waals surface area contributed by atoms with Gasteiger partial charge in [-0.15, -0.1) is 0 Å². The summed E-state index contributed by atoms with van der Waals surface area (Å²) < 4.78 is 54.2. The van der Waals surface area contributed by atoms with Crippen LogP contribution in [0.1, 0.15) is 37.8 Å². The zero-order valence-corrected chi connectivity index (χ0v) is 15.0. The molecule has 0 amide bonds. The summed E-state index contributed by atoms with van der Waals surface area (Å²) in [7, 11) is 0. The Morgan fingerprint density at radius 1 is 0.885 bits per heavy atom. The van der Waals surface area contributed by atoms with E-state index in [1.54, 1.807) is 12.1 Å². The van der Waals surface area contributed by atoms with Crippen LogP contribution in [0.25, 0.3) is 0 Å². The molecule has 0 saturated carbocycles. The SMILES string of the molecule is C=C(CCc1c(F)c(F)c(N)c(F)c1F)Cc1ccc(N)cc1.CCC. The number of nitrogens with two attached hydrogens (primary N) is 2. The van der Waals surface area contributed by atoms with Gasteiger partial charge in [0.05, 0.1) is 0 Å². The third-order valence-corrected chi connectivity index (χ3v) is 3.55. The van der Waals surface area contributed by atoms with Crippen molar-refractivity contribution >= 4 is 11.4 Å². The lowest BCUT2D eigenvalue weighted by molar-refractivity contribution is 0.444. The van der Waals surface area contributed by atoms with E-state index in [0.717, 1.165) is 5.56 Å². The molecule has 0 aromatic heterocycles. The van der Waals surface area contributed by atoms with Crippen LogP contribution in [0.2, 0.25) is 0 Å². The number of nitrogen functional groups attached to an aromatic ring is 2. The first kappa shape index (κ1) is 21.5. The predicted molar refractivity (Wildman–Crippen MR) is 98.7 cm³/mol. The fraction of sp³-hybridized carbons (Fsp3) is 0.300. The second-order valence-corrected chi connectivity index (χ2v) is 6.02. The van der Waals surface area contributed by atoms with Gasteiger partial charge in [-0.2, -0.15) is 0 Å². The largest absolute Gasteiger partial charge is 0.399 e. The molecule has 0 fully saturated rings. The van der Waals surface area contributed by atoms with Crippen molar-refractivity contribution in [1.29, 1.82) is 0 Å². The van der Waals surface area contributed by atoms with E-state index in [4.69, 9.17) is 11.5 Å². The second kappa shape index (κ2) is 9.85. The zero-order valence-electron chi connectivity index (χ0n) is 15.0. The van der Waals surface area contributed by atoms with E-state index < -0.39 is 34.5 Å². The van der Waals surface area contributed by atoms with Crippen molar-refractivity contribution in [3.63, 3.8) is 0 Å². The molecular weight excluding hydrogens is 344 g/mol.